The number of phenolic OH excluding ortho intramolecular Hbond substituents is 1. The summed E-state index contributed by atoms with van der Waals surface area (Å²) >= 11 is 6.26. The Morgan fingerprint density at radius 3 is 2.49 bits per heavy atom. The molecule has 0 saturated heterocycles. The van der Waals surface area contributed by atoms with Gasteiger partial charge in [0.15, 0.2) is 0 Å². The van der Waals surface area contributed by atoms with Crippen LogP contribution in [0.1, 0.15) is 48.4 Å². The van der Waals surface area contributed by atoms with Crippen molar-refractivity contribution in [3.05, 3.63) is 101 Å². The Labute approximate surface area is 268 Å². The molecule has 238 valence electrons. The Kier molecular flexibility index (Phi) is 7.12. The Balaban J connectivity index is 1.23. The van der Waals surface area contributed by atoms with E-state index in [1.54, 1.807) is 36.4 Å². The number of aromatic hydroxyl groups is 1. The number of fused-ring (bicyclic) bond motifs is 5. The highest BCUT2D eigenvalue weighted by Gasteiger charge is 2.43. The number of carbonyl (C=O) groups is 3. The number of amides is 2. The van der Waals surface area contributed by atoms with Crippen LogP contribution in [-0.4, -0.2) is 52.4 Å². The number of rotatable bonds is 5. The fraction of sp³-hybridized carbons (Fsp3) is 0.147. The Hall–Kier alpha value is -5.49. The smallest absolute Gasteiger partial charge is 0.432 e. The summed E-state index contributed by atoms with van der Waals surface area (Å²) in [6, 6.07) is 21.0. The molecular formula is C34H24ClF3N4O5. The quantitative estimate of drug-likeness (QED) is 0.112. The van der Waals surface area contributed by atoms with E-state index in [1.807, 2.05) is 30.3 Å². The number of nitrogens with zero attached hydrogens (tertiary/aromatic N) is 1. The summed E-state index contributed by atoms with van der Waals surface area (Å²) in [6.45, 7) is -0.0220. The first-order valence-electron chi connectivity index (χ1n) is 14.4. The lowest BCUT2D eigenvalue weighted by atomic mass is 9.95. The third-order valence-corrected chi connectivity index (χ3v) is 8.77. The number of esters is 1. The number of halogens is 4. The van der Waals surface area contributed by atoms with Gasteiger partial charge in [-0.1, -0.05) is 30.3 Å². The van der Waals surface area contributed by atoms with Crippen molar-refractivity contribution in [2.75, 3.05) is 29.8 Å². The number of ether oxygens (including phenoxy) is 1. The fourth-order valence-electron chi connectivity index (χ4n) is 6.26. The molecular weight excluding hydrogens is 637 g/mol. The van der Waals surface area contributed by atoms with Gasteiger partial charge in [-0.3, -0.25) is 9.59 Å². The summed E-state index contributed by atoms with van der Waals surface area (Å²) in [6.07, 6.45) is -4.97. The molecule has 0 fully saturated rings. The normalized spacial score (nSPS) is 14.6. The topological polar surface area (TPSA) is 128 Å². The number of anilines is 2. The highest BCUT2D eigenvalue weighted by Crippen LogP contribution is 2.49. The van der Waals surface area contributed by atoms with Crippen molar-refractivity contribution in [3.8, 4) is 5.75 Å². The highest BCUT2D eigenvalue weighted by molar-refractivity contribution is 6.20. The number of hydrogen-bond acceptors (Lipinski definition) is 5. The van der Waals surface area contributed by atoms with Crippen LogP contribution in [0.5, 0.6) is 5.75 Å². The minimum Gasteiger partial charge on any atom is -0.506 e. The molecule has 3 heterocycles. The van der Waals surface area contributed by atoms with Crippen LogP contribution >= 0.6 is 11.6 Å². The maximum Gasteiger partial charge on any atom is 0.432 e. The third kappa shape index (κ3) is 5.01. The van der Waals surface area contributed by atoms with Crippen LogP contribution in [0.25, 0.3) is 32.6 Å². The molecule has 1 atom stereocenters. The average Bonchev–Trinajstić information content (AvgIpc) is 3.77. The van der Waals surface area contributed by atoms with Crippen molar-refractivity contribution in [1.82, 2.24) is 9.97 Å². The van der Waals surface area contributed by atoms with Crippen LogP contribution in [0.4, 0.5) is 24.5 Å². The molecule has 0 spiro atoms. The molecule has 0 aliphatic carbocycles. The van der Waals surface area contributed by atoms with Gasteiger partial charge in [-0.05, 0) is 52.7 Å². The van der Waals surface area contributed by atoms with Crippen LogP contribution in [0.3, 0.4) is 0 Å². The first kappa shape index (κ1) is 30.2. The van der Waals surface area contributed by atoms with Crippen LogP contribution in [-0.2, 0) is 10.9 Å². The first-order chi connectivity index (χ1) is 22.5. The number of nitrogens with one attached hydrogen (secondary N) is 3. The number of alkyl halides is 4. The molecule has 6 aromatic rings. The second kappa shape index (κ2) is 11.1. The molecule has 4 aromatic carbocycles. The molecule has 9 nitrogen and oxygen atoms in total. The number of carbonyl (C=O) groups excluding carboxylic acids is 3. The minimum atomic E-state index is -4.97. The number of aromatic amines is 2. The molecule has 0 radical (unpaired) electrons. The Morgan fingerprint density at radius 2 is 1.77 bits per heavy atom. The van der Waals surface area contributed by atoms with Crippen LogP contribution < -0.4 is 10.2 Å². The van der Waals surface area contributed by atoms with E-state index in [2.05, 4.69) is 20.0 Å². The van der Waals surface area contributed by atoms with Crippen LogP contribution in [0, 0.1) is 0 Å². The second-order valence-corrected chi connectivity index (χ2v) is 11.5. The molecule has 2 aromatic heterocycles. The molecule has 1 aliphatic rings. The molecule has 2 amide bonds. The van der Waals surface area contributed by atoms with Gasteiger partial charge in [-0.2, -0.15) is 13.2 Å². The average molecular weight is 661 g/mol. The van der Waals surface area contributed by atoms with E-state index in [0.717, 1.165) is 17.9 Å². The van der Waals surface area contributed by atoms with E-state index in [4.69, 9.17) is 11.6 Å². The zero-order valence-electron chi connectivity index (χ0n) is 24.5. The molecule has 1 unspecified atom stereocenters. The van der Waals surface area contributed by atoms with Gasteiger partial charge in [0.05, 0.1) is 23.9 Å². The van der Waals surface area contributed by atoms with E-state index in [1.165, 1.54) is 11.0 Å². The predicted octanol–water partition coefficient (Wildman–Crippen LogP) is 7.55. The molecule has 7 rings (SSSR count). The summed E-state index contributed by atoms with van der Waals surface area (Å²) in [4.78, 5) is 46.1. The predicted molar refractivity (Wildman–Crippen MR) is 172 cm³/mol. The zero-order valence-corrected chi connectivity index (χ0v) is 25.2. The van der Waals surface area contributed by atoms with Crippen molar-refractivity contribution in [3.63, 3.8) is 0 Å². The standard InChI is InChI=1S/C34H24ClF3N4O5/c1-47-33(46)28-27-26-20(14-35)15-42(24(26)13-25(43)29(27)41-30(28)34(36,37)38)32(45)23-12-19-11-21(8-9-22(19)40-23)39-31(44)18-7-6-16-4-2-3-5-17(16)10-18/h2-13,20,40-41,43H,14-15H2,1H3,(H,39,44). The van der Waals surface area contributed by atoms with Gasteiger partial charge in [0.2, 0.25) is 0 Å². The summed E-state index contributed by atoms with van der Waals surface area (Å²) in [7, 11) is 0.954. The van der Waals surface area contributed by atoms with Gasteiger partial charge in [-0.25, -0.2) is 4.79 Å². The summed E-state index contributed by atoms with van der Waals surface area (Å²) in [5, 5.41) is 16.0. The summed E-state index contributed by atoms with van der Waals surface area (Å²) in [5.41, 5.74) is -0.436. The van der Waals surface area contributed by atoms with Gasteiger partial charge in [0, 0.05) is 51.9 Å². The molecule has 0 bridgehead atoms. The van der Waals surface area contributed by atoms with Gasteiger partial charge < -0.3 is 30.0 Å². The Bertz CT molecular complexity index is 2280. The number of phenols is 1. The van der Waals surface area contributed by atoms with Crippen molar-refractivity contribution in [2.45, 2.75) is 12.1 Å². The van der Waals surface area contributed by atoms with Crippen molar-refractivity contribution >= 4 is 73.3 Å². The van der Waals surface area contributed by atoms with E-state index >= 15 is 0 Å². The molecule has 0 saturated carbocycles. The van der Waals surface area contributed by atoms with Gasteiger partial charge in [-0.15, -0.1) is 11.6 Å². The SMILES string of the molecule is COC(=O)c1c(C(F)(F)F)[nH]c2c(O)cc3c(c12)C(CCl)CN3C(=O)c1cc2cc(NC(=O)c3ccc4ccccc4c3)ccc2[nH]1. The number of H-pyrrole nitrogens is 2. The van der Waals surface area contributed by atoms with Gasteiger partial charge in [0.25, 0.3) is 11.8 Å². The van der Waals surface area contributed by atoms with Crippen molar-refractivity contribution in [2.24, 2.45) is 0 Å². The lowest BCUT2D eigenvalue weighted by Gasteiger charge is -2.17. The van der Waals surface area contributed by atoms with Crippen LogP contribution in [0.2, 0.25) is 0 Å². The molecule has 13 heteroatoms. The Morgan fingerprint density at radius 1 is 1.00 bits per heavy atom. The lowest BCUT2D eigenvalue weighted by molar-refractivity contribution is -0.141. The number of benzene rings is 4. The fourth-order valence-corrected chi connectivity index (χ4v) is 6.51. The highest BCUT2D eigenvalue weighted by atomic mass is 35.5. The van der Waals surface area contributed by atoms with E-state index in [-0.39, 0.29) is 46.2 Å². The monoisotopic (exact) mass is 660 g/mol. The minimum absolute atomic E-state index is 0.0220. The largest absolute Gasteiger partial charge is 0.506 e. The first-order valence-corrected chi connectivity index (χ1v) is 14.9. The van der Waals surface area contributed by atoms with Crippen LogP contribution in [0.15, 0.2) is 72.8 Å². The number of methoxy groups -OCH3 is 1. The summed E-state index contributed by atoms with van der Waals surface area (Å²) < 4.78 is 46.6. The summed E-state index contributed by atoms with van der Waals surface area (Å²) in [5.74, 6) is -3.44. The zero-order chi connectivity index (χ0) is 33.2. The number of aromatic nitrogens is 2. The third-order valence-electron chi connectivity index (χ3n) is 8.40. The molecule has 1 aliphatic heterocycles. The number of hydrogen-bond donors (Lipinski definition) is 4. The van der Waals surface area contributed by atoms with Gasteiger partial charge in [0.1, 0.15) is 17.1 Å². The maximum atomic E-state index is 14.0. The van der Waals surface area contributed by atoms with E-state index in [0.29, 0.717) is 22.2 Å². The lowest BCUT2D eigenvalue weighted by Crippen LogP contribution is -2.30. The van der Waals surface area contributed by atoms with E-state index < -0.39 is 41.0 Å². The second-order valence-electron chi connectivity index (χ2n) is 11.2. The van der Waals surface area contributed by atoms with Gasteiger partial charge >= 0.3 is 12.1 Å². The molecule has 47 heavy (non-hydrogen) atoms. The van der Waals surface area contributed by atoms with Crippen molar-refractivity contribution < 1.29 is 37.4 Å². The van der Waals surface area contributed by atoms with E-state index in [9.17, 15) is 32.7 Å². The maximum absolute atomic E-state index is 14.0. The molecule has 4 N–H and O–H groups in total. The van der Waals surface area contributed by atoms with Crippen molar-refractivity contribution in [1.29, 1.82) is 0 Å².